The van der Waals surface area contributed by atoms with E-state index in [9.17, 15) is 44.7 Å². The second kappa shape index (κ2) is 27.2. The summed E-state index contributed by atoms with van der Waals surface area (Å²) in [6.45, 7) is 18.2. The quantitative estimate of drug-likeness (QED) is 0.0341. The number of aliphatic hydroxyl groups is 5. The number of ether oxygens (including phenoxy) is 4. The molecule has 2 aliphatic heterocycles. The Hall–Kier alpha value is -3.42. The standard InChI is InChI=1S/C51H83N4O15P/c1-29(21-22-52)17-15-18-30(2)31(3)23-32(4)43(58)36(8)39(56)25-42(66-14)46-47(70-71(62,63)64)50(9,10)51(69-46)26-40(57)35(7)41(68-51)20-16-19-37-27-67-49(54-37)33(5)24-34(6)53-48(61)45(60)44(59)38(28-65-13)55(11)12/h15-19,21,23,27,32-36,38-47,56-60H,20,24-26,28H2,1-14H3,(H,53,61)(H2,62,63,64)/b17-15-,19-16+,29-21+,30-18+,31-23+/t32-,33+,34-,35+,36+,38+,39+,40-,41+,42+,43-,44+,45+,46-,47+,51+/m0/s1. The van der Waals surface area contributed by atoms with E-state index in [0.29, 0.717) is 18.0 Å². The van der Waals surface area contributed by atoms with Crippen molar-refractivity contribution in [1.82, 2.24) is 15.2 Å². The summed E-state index contributed by atoms with van der Waals surface area (Å²) in [5, 5.41) is 67.4. The zero-order valence-corrected chi connectivity index (χ0v) is 44.9. The van der Waals surface area contributed by atoms with Crippen LogP contribution < -0.4 is 5.32 Å². The van der Waals surface area contributed by atoms with Gasteiger partial charge in [-0.05, 0) is 71.9 Å². The van der Waals surface area contributed by atoms with E-state index in [-0.39, 0.29) is 37.7 Å². The molecule has 0 radical (unpaired) electrons. The normalized spacial score (nSPS) is 27.8. The van der Waals surface area contributed by atoms with Gasteiger partial charge in [-0.25, -0.2) is 9.55 Å². The maximum absolute atomic E-state index is 12.8. The van der Waals surface area contributed by atoms with Gasteiger partial charge < -0.3 is 68.9 Å². The number of hydrogen-bond acceptors (Lipinski definition) is 16. The number of aliphatic hydroxyl groups excluding tert-OH is 5. The second-order valence-corrected chi connectivity index (χ2v) is 21.6. The molecule has 2 saturated heterocycles. The number of nitrogens with zero attached hydrogens (tertiary/aromatic N) is 3. The number of aromatic nitrogens is 1. The molecule has 71 heavy (non-hydrogen) atoms. The summed E-state index contributed by atoms with van der Waals surface area (Å²) in [5.41, 5.74) is 1.87. The molecular formula is C51H83N4O15P. The average molecular weight is 1020 g/mol. The first-order valence-electron chi connectivity index (χ1n) is 24.2. The smallest absolute Gasteiger partial charge is 0.448 e. The molecule has 0 unspecified atom stereocenters. The molecule has 20 heteroatoms. The number of carbonyl (C=O) groups is 1. The molecule has 1 aromatic heterocycles. The molecule has 1 spiro atoms. The van der Waals surface area contributed by atoms with Crippen LogP contribution in [-0.2, 0) is 32.8 Å². The van der Waals surface area contributed by atoms with E-state index >= 15 is 0 Å². The van der Waals surface area contributed by atoms with Crippen LogP contribution in [0.2, 0.25) is 0 Å². The third-order valence-electron chi connectivity index (χ3n) is 14.2. The number of methoxy groups -OCH3 is 2. The van der Waals surface area contributed by atoms with Crippen LogP contribution in [0.3, 0.4) is 0 Å². The Balaban J connectivity index is 1.76. The Kier molecular flexibility index (Phi) is 23.7. The minimum Gasteiger partial charge on any atom is -0.448 e. The van der Waals surface area contributed by atoms with Crippen LogP contribution in [0.5, 0.6) is 0 Å². The number of carbonyl (C=O) groups excluding carboxylic acids is 1. The summed E-state index contributed by atoms with van der Waals surface area (Å²) >= 11 is 0. The van der Waals surface area contributed by atoms with Crippen LogP contribution in [0, 0.1) is 34.5 Å². The minimum absolute atomic E-state index is 0.0661. The lowest BCUT2D eigenvalue weighted by molar-refractivity contribution is -0.334. The van der Waals surface area contributed by atoms with Gasteiger partial charge in [0.15, 0.2) is 17.8 Å². The molecular weight excluding hydrogens is 940 g/mol. The highest BCUT2D eigenvalue weighted by atomic mass is 31.2. The molecule has 0 saturated carbocycles. The largest absolute Gasteiger partial charge is 0.469 e. The van der Waals surface area contributed by atoms with Crippen molar-refractivity contribution in [2.45, 2.75) is 174 Å². The molecule has 1 amide bonds. The molecule has 19 nitrogen and oxygen atoms in total. The van der Waals surface area contributed by atoms with Gasteiger partial charge in [0.2, 0.25) is 0 Å². The molecule has 3 heterocycles. The Labute approximate surface area is 420 Å². The first-order chi connectivity index (χ1) is 33.0. The summed E-state index contributed by atoms with van der Waals surface area (Å²) < 4.78 is 48.3. The van der Waals surface area contributed by atoms with Gasteiger partial charge in [0, 0.05) is 68.3 Å². The van der Waals surface area contributed by atoms with Gasteiger partial charge in [-0.1, -0.05) is 77.5 Å². The minimum atomic E-state index is -5.16. The Morgan fingerprint density at radius 2 is 1.72 bits per heavy atom. The van der Waals surface area contributed by atoms with Crippen LogP contribution in [-0.4, -0.2) is 159 Å². The molecule has 0 aliphatic carbocycles. The molecule has 402 valence electrons. The Morgan fingerprint density at radius 1 is 1.06 bits per heavy atom. The van der Waals surface area contributed by atoms with Crippen LogP contribution >= 0.6 is 7.82 Å². The molecule has 0 aromatic carbocycles. The zero-order chi connectivity index (χ0) is 53.8. The maximum atomic E-state index is 12.8. The first-order valence-corrected chi connectivity index (χ1v) is 25.8. The lowest BCUT2D eigenvalue weighted by Crippen LogP contribution is -2.58. The lowest BCUT2D eigenvalue weighted by atomic mass is 9.72. The van der Waals surface area contributed by atoms with Crippen LogP contribution in [0.4, 0.5) is 0 Å². The second-order valence-electron chi connectivity index (χ2n) is 20.4. The molecule has 8 N–H and O–H groups in total. The van der Waals surface area contributed by atoms with Crippen LogP contribution in [0.1, 0.15) is 112 Å². The lowest BCUT2D eigenvalue weighted by Gasteiger charge is -2.50. The average Bonchev–Trinajstić information content (AvgIpc) is 3.84. The van der Waals surface area contributed by atoms with Crippen molar-refractivity contribution in [2.24, 2.45) is 23.2 Å². The topological polar surface area (TPSA) is 287 Å². The number of hydrogen-bond donors (Lipinski definition) is 8. The number of oxazole rings is 1. The third kappa shape index (κ3) is 16.8. The van der Waals surface area contributed by atoms with E-state index in [1.807, 2.05) is 78.0 Å². The maximum Gasteiger partial charge on any atom is 0.469 e. The monoisotopic (exact) mass is 1020 g/mol. The van der Waals surface area contributed by atoms with Crippen molar-refractivity contribution in [3.8, 4) is 6.07 Å². The van der Waals surface area contributed by atoms with Gasteiger partial charge in [-0.2, -0.15) is 5.26 Å². The van der Waals surface area contributed by atoms with Crippen molar-refractivity contribution >= 4 is 19.8 Å². The fraction of sp³-hybridized carbons (Fsp3) is 0.706. The van der Waals surface area contributed by atoms with Crippen LogP contribution in [0.15, 0.2) is 63.9 Å². The summed E-state index contributed by atoms with van der Waals surface area (Å²) in [6, 6.07) is 0.980. The Morgan fingerprint density at radius 3 is 2.31 bits per heavy atom. The number of likely N-dealkylation sites (N-methyl/N-ethyl adjacent to an activating group) is 1. The van der Waals surface area contributed by atoms with Crippen LogP contribution in [0.25, 0.3) is 6.08 Å². The number of phosphoric ester groups is 1. The van der Waals surface area contributed by atoms with E-state index in [4.69, 9.17) is 33.2 Å². The molecule has 16 atom stereocenters. The van der Waals surface area contributed by atoms with Crippen molar-refractivity contribution in [3.63, 3.8) is 0 Å². The molecule has 2 aliphatic rings. The summed E-state index contributed by atoms with van der Waals surface area (Å²) in [5.74, 6) is -3.67. The van der Waals surface area contributed by atoms with Gasteiger partial charge in [0.05, 0.1) is 49.2 Å². The van der Waals surface area contributed by atoms with Crippen molar-refractivity contribution < 1.29 is 72.6 Å². The van der Waals surface area contributed by atoms with E-state index in [2.05, 4.69) is 10.3 Å². The molecule has 2 fully saturated rings. The Bertz CT molecular complexity index is 2110. The SMILES string of the molecule is COC[C@H]([C@@H](O)[C@@H](O)C(=O)N[C@@H](C)C[C@@H](C)c1nc(/C=C/C[C@H]2O[C@]3(C[C@H](O)[C@H]2C)O[C@@H]([C@@H](C[C@@H](O)[C@@H](C)[C@@H](O)[C@@H](C)/C=C(C)/C(C)=C/C=C\C(C)=C\C#N)OC)[C@@H](OP(=O)(O)O)C3(C)C)co1)N(C)C. The van der Waals surface area contributed by atoms with Crippen molar-refractivity contribution in [3.05, 3.63) is 71.0 Å². The van der Waals surface area contributed by atoms with Gasteiger partial charge in [0.1, 0.15) is 30.3 Å². The summed E-state index contributed by atoms with van der Waals surface area (Å²) in [7, 11) is 1.13. The van der Waals surface area contributed by atoms with Gasteiger partial charge in [-0.15, -0.1) is 0 Å². The number of nitriles is 1. The van der Waals surface area contributed by atoms with Gasteiger partial charge >= 0.3 is 7.82 Å². The fourth-order valence-corrected chi connectivity index (χ4v) is 10.0. The van der Waals surface area contributed by atoms with E-state index in [1.165, 1.54) is 26.6 Å². The highest BCUT2D eigenvalue weighted by Gasteiger charge is 2.68. The summed E-state index contributed by atoms with van der Waals surface area (Å²) in [6.07, 6.45) is 4.05. The fourth-order valence-electron chi connectivity index (χ4n) is 9.34. The zero-order valence-electron chi connectivity index (χ0n) is 44.0. The predicted octanol–water partition coefficient (Wildman–Crippen LogP) is 5.08. The summed E-state index contributed by atoms with van der Waals surface area (Å²) in [4.78, 5) is 39.5. The first kappa shape index (κ1) is 61.9. The highest BCUT2D eigenvalue weighted by molar-refractivity contribution is 7.46. The van der Waals surface area contributed by atoms with E-state index in [0.717, 1.165) is 16.7 Å². The number of allylic oxidation sites excluding steroid dienone is 7. The molecule has 1 aromatic rings. The highest BCUT2D eigenvalue weighted by Crippen LogP contribution is 2.59. The van der Waals surface area contributed by atoms with E-state index in [1.54, 1.807) is 52.8 Å². The molecule has 3 rings (SSSR count). The number of amides is 1. The van der Waals surface area contributed by atoms with Gasteiger partial charge in [0.25, 0.3) is 5.91 Å². The number of phosphoric acid groups is 1. The molecule has 0 bridgehead atoms. The predicted molar refractivity (Wildman–Crippen MR) is 267 cm³/mol. The number of rotatable bonds is 26. The van der Waals surface area contributed by atoms with E-state index < -0.39 is 104 Å². The van der Waals surface area contributed by atoms with Crippen molar-refractivity contribution in [1.29, 1.82) is 5.26 Å². The van der Waals surface area contributed by atoms with Gasteiger partial charge in [-0.3, -0.25) is 9.32 Å². The number of nitrogens with one attached hydrogen (secondary N) is 1. The van der Waals surface area contributed by atoms with Crippen molar-refractivity contribution in [2.75, 3.05) is 34.9 Å². The third-order valence-corrected chi connectivity index (χ3v) is 14.7.